The number of benzene rings is 2. The Morgan fingerprint density at radius 1 is 1.11 bits per heavy atom. The maximum absolute atomic E-state index is 12.1. The van der Waals surface area contributed by atoms with Crippen molar-refractivity contribution in [3.8, 4) is 11.8 Å². The molecule has 3 rings (SSSR count). The summed E-state index contributed by atoms with van der Waals surface area (Å²) < 4.78 is 0. The Kier molecular flexibility index (Phi) is 5.83. The van der Waals surface area contributed by atoms with Crippen LogP contribution in [-0.2, 0) is 11.3 Å². The van der Waals surface area contributed by atoms with E-state index in [2.05, 4.69) is 58.9 Å². The van der Waals surface area contributed by atoms with Gasteiger partial charge in [-0.25, -0.2) is 0 Å². The number of anilines is 2. The lowest BCUT2D eigenvalue weighted by atomic mass is 10.1. The van der Waals surface area contributed by atoms with Gasteiger partial charge < -0.3 is 9.80 Å². The minimum absolute atomic E-state index is 0.0928. The summed E-state index contributed by atoms with van der Waals surface area (Å²) in [5.41, 5.74) is 4.39. The predicted octanol–water partition coefficient (Wildman–Crippen LogP) is 3.36. The van der Waals surface area contributed by atoms with Gasteiger partial charge in [0, 0.05) is 25.6 Å². The van der Waals surface area contributed by atoms with Crippen LogP contribution in [0, 0.1) is 11.8 Å². The average molecular weight is 361 g/mol. The number of fused-ring (bicyclic) bond motifs is 1. The Morgan fingerprint density at radius 3 is 2.41 bits per heavy atom. The van der Waals surface area contributed by atoms with E-state index in [4.69, 9.17) is 0 Å². The summed E-state index contributed by atoms with van der Waals surface area (Å²) in [5.74, 6) is 6.46. The topological polar surface area (TPSA) is 26.8 Å². The lowest BCUT2D eigenvalue weighted by Gasteiger charge is -2.41. The minimum atomic E-state index is 0.0928. The molecule has 1 heterocycles. The second-order valence-corrected chi connectivity index (χ2v) is 7.34. The van der Waals surface area contributed by atoms with E-state index in [0.717, 1.165) is 36.6 Å². The third-order valence-electron chi connectivity index (χ3n) is 4.70. The maximum Gasteiger partial charge on any atom is 0.224 e. The molecule has 2 aromatic carbocycles. The van der Waals surface area contributed by atoms with Crippen molar-refractivity contribution >= 4 is 17.3 Å². The molecule has 0 saturated carbocycles. The third kappa shape index (κ3) is 4.50. The van der Waals surface area contributed by atoms with E-state index in [1.54, 1.807) is 6.92 Å². The van der Waals surface area contributed by atoms with Crippen molar-refractivity contribution in [2.75, 3.05) is 37.0 Å². The van der Waals surface area contributed by atoms with Gasteiger partial charge in [-0.2, -0.15) is 0 Å². The van der Waals surface area contributed by atoms with Gasteiger partial charge in [-0.05, 0) is 50.8 Å². The molecule has 0 radical (unpaired) electrons. The highest BCUT2D eigenvalue weighted by atomic mass is 16.2. The standard InChI is InChI=1S/C23H27N3O/c1-18-16-25(22-9-5-6-10-23(22)26(18)19(2)27)17-21-13-11-20(12-14-21)8-7-15-24(3)4/h5-6,9-14,18H,15-17H2,1-4H3/t18-/m0/s1. The predicted molar refractivity (Wildman–Crippen MR) is 112 cm³/mol. The fraction of sp³-hybridized carbons (Fsp3) is 0.348. The number of hydrogen-bond donors (Lipinski definition) is 0. The molecule has 0 bridgehead atoms. The molecule has 0 N–H and O–H groups in total. The van der Waals surface area contributed by atoms with E-state index in [9.17, 15) is 4.79 Å². The highest BCUT2D eigenvalue weighted by molar-refractivity contribution is 5.97. The van der Waals surface area contributed by atoms with E-state index < -0.39 is 0 Å². The molecule has 0 aromatic heterocycles. The maximum atomic E-state index is 12.1. The first-order chi connectivity index (χ1) is 13.0. The van der Waals surface area contributed by atoms with Crippen LogP contribution in [0.5, 0.6) is 0 Å². The molecular weight excluding hydrogens is 334 g/mol. The second kappa shape index (κ2) is 8.28. The van der Waals surface area contributed by atoms with Crippen molar-refractivity contribution in [2.45, 2.75) is 26.4 Å². The van der Waals surface area contributed by atoms with Crippen LogP contribution < -0.4 is 9.80 Å². The van der Waals surface area contributed by atoms with Crippen LogP contribution >= 0.6 is 0 Å². The normalized spacial score (nSPS) is 16.0. The van der Waals surface area contributed by atoms with Crippen molar-refractivity contribution < 1.29 is 4.79 Å². The largest absolute Gasteiger partial charge is 0.363 e. The summed E-state index contributed by atoms with van der Waals surface area (Å²) in [6.45, 7) is 6.14. The zero-order valence-electron chi connectivity index (χ0n) is 16.6. The van der Waals surface area contributed by atoms with Gasteiger partial charge in [0.25, 0.3) is 0 Å². The Bertz CT molecular complexity index is 861. The lowest BCUT2D eigenvalue weighted by molar-refractivity contribution is -0.117. The van der Waals surface area contributed by atoms with Gasteiger partial charge in [-0.15, -0.1) is 0 Å². The van der Waals surface area contributed by atoms with Crippen molar-refractivity contribution in [3.05, 3.63) is 59.7 Å². The summed E-state index contributed by atoms with van der Waals surface area (Å²) in [6.07, 6.45) is 0. The molecule has 2 aromatic rings. The first-order valence-electron chi connectivity index (χ1n) is 9.32. The number of para-hydroxylation sites is 2. The molecule has 0 unspecified atom stereocenters. The first kappa shape index (κ1) is 19.0. The fourth-order valence-corrected chi connectivity index (χ4v) is 3.51. The highest BCUT2D eigenvalue weighted by Gasteiger charge is 2.30. The fourth-order valence-electron chi connectivity index (χ4n) is 3.51. The molecule has 1 atom stereocenters. The molecule has 1 aliphatic rings. The zero-order chi connectivity index (χ0) is 19.4. The molecule has 0 aliphatic carbocycles. The minimum Gasteiger partial charge on any atom is -0.363 e. The Balaban J connectivity index is 1.78. The summed E-state index contributed by atoms with van der Waals surface area (Å²) in [5, 5.41) is 0. The van der Waals surface area contributed by atoms with E-state index in [1.807, 2.05) is 37.2 Å². The molecule has 0 saturated heterocycles. The number of amides is 1. The van der Waals surface area contributed by atoms with Gasteiger partial charge in [0.15, 0.2) is 0 Å². The lowest BCUT2D eigenvalue weighted by Crippen LogP contribution is -2.49. The number of carbonyl (C=O) groups is 1. The number of nitrogens with zero attached hydrogens (tertiary/aromatic N) is 3. The molecular formula is C23H27N3O. The quantitative estimate of drug-likeness (QED) is 0.785. The van der Waals surface area contributed by atoms with Crippen LogP contribution in [-0.4, -0.2) is 44.0 Å². The van der Waals surface area contributed by atoms with E-state index in [0.29, 0.717) is 0 Å². The van der Waals surface area contributed by atoms with Gasteiger partial charge in [-0.1, -0.05) is 36.1 Å². The van der Waals surface area contributed by atoms with Gasteiger partial charge >= 0.3 is 0 Å². The summed E-state index contributed by atoms with van der Waals surface area (Å²) in [4.78, 5) is 18.4. The van der Waals surface area contributed by atoms with Crippen LogP contribution in [0.25, 0.3) is 0 Å². The average Bonchev–Trinajstić information content (AvgIpc) is 2.62. The summed E-state index contributed by atoms with van der Waals surface area (Å²) in [6, 6.07) is 16.7. The highest BCUT2D eigenvalue weighted by Crippen LogP contribution is 2.36. The molecule has 140 valence electrons. The summed E-state index contributed by atoms with van der Waals surface area (Å²) >= 11 is 0. The van der Waals surface area contributed by atoms with E-state index in [-0.39, 0.29) is 11.9 Å². The molecule has 1 aliphatic heterocycles. The van der Waals surface area contributed by atoms with E-state index >= 15 is 0 Å². The smallest absolute Gasteiger partial charge is 0.224 e. The SMILES string of the molecule is CC(=O)N1c2ccccc2N(Cc2ccc(C#CCN(C)C)cc2)C[C@@H]1C. The summed E-state index contributed by atoms with van der Waals surface area (Å²) in [7, 11) is 4.03. The Morgan fingerprint density at radius 2 is 1.78 bits per heavy atom. The molecule has 4 nitrogen and oxygen atoms in total. The van der Waals surface area contributed by atoms with E-state index in [1.165, 1.54) is 5.56 Å². The van der Waals surface area contributed by atoms with Crippen LogP contribution in [0.1, 0.15) is 25.0 Å². The van der Waals surface area contributed by atoms with Gasteiger partial charge in [0.05, 0.1) is 24.0 Å². The van der Waals surface area contributed by atoms with Crippen LogP contribution in [0.3, 0.4) is 0 Å². The Hall–Kier alpha value is -2.77. The first-order valence-corrected chi connectivity index (χ1v) is 9.32. The number of rotatable bonds is 3. The number of hydrogen-bond acceptors (Lipinski definition) is 3. The second-order valence-electron chi connectivity index (χ2n) is 7.34. The molecule has 27 heavy (non-hydrogen) atoms. The Labute approximate surface area is 162 Å². The molecule has 0 spiro atoms. The van der Waals surface area contributed by atoms with Crippen molar-refractivity contribution in [1.82, 2.24) is 4.90 Å². The molecule has 4 heteroatoms. The van der Waals surface area contributed by atoms with Gasteiger partial charge in [0.1, 0.15) is 0 Å². The van der Waals surface area contributed by atoms with Crippen LogP contribution in [0.15, 0.2) is 48.5 Å². The van der Waals surface area contributed by atoms with Gasteiger partial charge in [0.2, 0.25) is 5.91 Å². The van der Waals surface area contributed by atoms with Gasteiger partial charge in [-0.3, -0.25) is 9.69 Å². The van der Waals surface area contributed by atoms with Crippen molar-refractivity contribution in [1.29, 1.82) is 0 Å². The third-order valence-corrected chi connectivity index (χ3v) is 4.70. The molecule has 1 amide bonds. The van der Waals surface area contributed by atoms with Crippen molar-refractivity contribution in [2.24, 2.45) is 0 Å². The van der Waals surface area contributed by atoms with Crippen LogP contribution in [0.4, 0.5) is 11.4 Å². The zero-order valence-corrected chi connectivity index (χ0v) is 16.6. The monoisotopic (exact) mass is 361 g/mol. The molecule has 0 fully saturated rings. The van der Waals surface area contributed by atoms with Crippen molar-refractivity contribution in [3.63, 3.8) is 0 Å². The number of carbonyl (C=O) groups excluding carboxylic acids is 1. The van der Waals surface area contributed by atoms with Crippen LogP contribution in [0.2, 0.25) is 0 Å².